The van der Waals surface area contributed by atoms with E-state index in [1.54, 1.807) is 11.8 Å². The van der Waals surface area contributed by atoms with Crippen LogP contribution in [0.2, 0.25) is 0 Å². The van der Waals surface area contributed by atoms with Gasteiger partial charge in [-0.05, 0) is 32.0 Å². The minimum absolute atomic E-state index is 0.479. The zero-order valence-electron chi connectivity index (χ0n) is 9.32. The molecule has 0 saturated heterocycles. The maximum absolute atomic E-state index is 8.64. The van der Waals surface area contributed by atoms with Crippen molar-refractivity contribution in [3.05, 3.63) is 35.5 Å². The predicted molar refractivity (Wildman–Crippen MR) is 67.6 cm³/mol. The number of fused-ring (bicyclic) bond motifs is 1. The molecule has 0 spiro atoms. The van der Waals surface area contributed by atoms with Gasteiger partial charge in [0.2, 0.25) is 0 Å². The molecule has 0 saturated carbocycles. The summed E-state index contributed by atoms with van der Waals surface area (Å²) in [6.07, 6.45) is 0. The quantitative estimate of drug-likeness (QED) is 0.738. The van der Waals surface area contributed by atoms with Crippen LogP contribution in [0.5, 0.6) is 0 Å². The lowest BCUT2D eigenvalue weighted by Crippen LogP contribution is -1.88. The van der Waals surface area contributed by atoms with E-state index in [0.29, 0.717) is 5.75 Å². The summed E-state index contributed by atoms with van der Waals surface area (Å²) in [5.74, 6) is 0.479. The van der Waals surface area contributed by atoms with Crippen LogP contribution in [0, 0.1) is 25.2 Å². The van der Waals surface area contributed by atoms with Gasteiger partial charge in [-0.1, -0.05) is 11.6 Å². The Hall–Kier alpha value is -1.53. The largest absolute Gasteiger partial charge is 0.253 e. The summed E-state index contributed by atoms with van der Waals surface area (Å²) in [5, 5.41) is 9.78. The lowest BCUT2D eigenvalue weighted by Gasteiger charge is -2.06. The number of benzene rings is 1. The number of aromatic nitrogens is 1. The van der Waals surface area contributed by atoms with Crippen LogP contribution in [-0.4, -0.2) is 10.7 Å². The third kappa shape index (κ3) is 2.17. The molecule has 0 aliphatic heterocycles. The Morgan fingerprint density at radius 3 is 2.88 bits per heavy atom. The van der Waals surface area contributed by atoms with Gasteiger partial charge in [0.25, 0.3) is 0 Å². The highest BCUT2D eigenvalue weighted by Gasteiger charge is 2.04. The van der Waals surface area contributed by atoms with Gasteiger partial charge in [-0.15, -0.1) is 11.8 Å². The highest BCUT2D eigenvalue weighted by atomic mass is 32.2. The summed E-state index contributed by atoms with van der Waals surface area (Å²) in [4.78, 5) is 5.64. The van der Waals surface area contributed by atoms with Crippen LogP contribution in [-0.2, 0) is 0 Å². The van der Waals surface area contributed by atoms with Crippen molar-refractivity contribution in [2.45, 2.75) is 18.7 Å². The van der Waals surface area contributed by atoms with E-state index in [2.05, 4.69) is 30.1 Å². The fraction of sp³-hybridized carbons (Fsp3) is 0.231. The highest BCUT2D eigenvalue weighted by molar-refractivity contribution is 7.99. The van der Waals surface area contributed by atoms with Crippen LogP contribution in [0.3, 0.4) is 0 Å². The summed E-state index contributed by atoms with van der Waals surface area (Å²) in [6.45, 7) is 4.05. The molecule has 2 rings (SSSR count). The number of aryl methyl sites for hydroxylation is 2. The standard InChI is InChI=1S/C13H12N2S/c1-9-3-4-12-11(7-9)13(16-6-5-14)8-10(2)15-12/h3-4,7-8H,6H2,1-2H3. The number of pyridine rings is 1. The van der Waals surface area contributed by atoms with Crippen molar-refractivity contribution in [1.29, 1.82) is 5.26 Å². The fourth-order valence-corrected chi connectivity index (χ4v) is 2.46. The number of hydrogen-bond donors (Lipinski definition) is 0. The first-order chi connectivity index (χ1) is 7.70. The van der Waals surface area contributed by atoms with Crippen molar-refractivity contribution in [2.24, 2.45) is 0 Å². The number of thioether (sulfide) groups is 1. The van der Waals surface area contributed by atoms with E-state index in [1.165, 1.54) is 5.56 Å². The van der Waals surface area contributed by atoms with Gasteiger partial charge in [0.05, 0.1) is 17.3 Å². The zero-order chi connectivity index (χ0) is 11.5. The molecule has 0 fully saturated rings. The molecule has 1 aromatic heterocycles. The Balaban J connectivity index is 2.61. The summed E-state index contributed by atoms with van der Waals surface area (Å²) in [5.41, 5.74) is 3.22. The molecule has 16 heavy (non-hydrogen) atoms. The normalized spacial score (nSPS) is 10.3. The third-order valence-electron chi connectivity index (χ3n) is 2.35. The van der Waals surface area contributed by atoms with Crippen LogP contribution in [0.15, 0.2) is 29.2 Å². The number of rotatable bonds is 2. The SMILES string of the molecule is Cc1ccc2nc(C)cc(SCC#N)c2c1. The Morgan fingerprint density at radius 2 is 2.12 bits per heavy atom. The summed E-state index contributed by atoms with van der Waals surface area (Å²) in [6, 6.07) is 10.4. The average Bonchev–Trinajstić information content (AvgIpc) is 2.26. The first kappa shape index (κ1) is 11.0. The highest BCUT2D eigenvalue weighted by Crippen LogP contribution is 2.28. The molecule has 0 amide bonds. The molecular formula is C13H12N2S. The second kappa shape index (κ2) is 4.54. The van der Waals surface area contributed by atoms with Crippen molar-refractivity contribution >= 4 is 22.7 Å². The zero-order valence-corrected chi connectivity index (χ0v) is 10.1. The Morgan fingerprint density at radius 1 is 1.31 bits per heavy atom. The van der Waals surface area contributed by atoms with Gasteiger partial charge in [-0.3, -0.25) is 4.98 Å². The molecule has 3 heteroatoms. The van der Waals surface area contributed by atoms with Crippen molar-refractivity contribution in [2.75, 3.05) is 5.75 Å². The molecule has 0 atom stereocenters. The lowest BCUT2D eigenvalue weighted by molar-refractivity contribution is 1.22. The second-order valence-corrected chi connectivity index (χ2v) is 4.75. The summed E-state index contributed by atoms with van der Waals surface area (Å²) >= 11 is 1.57. The number of nitrogens with zero attached hydrogens (tertiary/aromatic N) is 2. The van der Waals surface area contributed by atoms with Gasteiger partial charge in [-0.2, -0.15) is 5.26 Å². The van der Waals surface area contributed by atoms with Crippen LogP contribution < -0.4 is 0 Å². The molecule has 0 radical (unpaired) electrons. The maximum Gasteiger partial charge on any atom is 0.0855 e. The van der Waals surface area contributed by atoms with Gasteiger partial charge in [0, 0.05) is 16.0 Å². The second-order valence-electron chi connectivity index (χ2n) is 3.73. The summed E-state index contributed by atoms with van der Waals surface area (Å²) < 4.78 is 0. The van der Waals surface area contributed by atoms with Gasteiger partial charge in [0.1, 0.15) is 0 Å². The molecule has 0 N–H and O–H groups in total. The molecule has 0 aliphatic carbocycles. The number of hydrogen-bond acceptors (Lipinski definition) is 3. The van der Waals surface area contributed by atoms with Crippen LogP contribution in [0.4, 0.5) is 0 Å². The van der Waals surface area contributed by atoms with Gasteiger partial charge < -0.3 is 0 Å². The van der Waals surface area contributed by atoms with Gasteiger partial charge in [-0.25, -0.2) is 0 Å². The lowest BCUT2D eigenvalue weighted by atomic mass is 10.1. The third-order valence-corrected chi connectivity index (χ3v) is 3.27. The Labute approximate surface area is 99.3 Å². The number of nitriles is 1. The van der Waals surface area contributed by atoms with E-state index < -0.39 is 0 Å². The van der Waals surface area contributed by atoms with E-state index >= 15 is 0 Å². The van der Waals surface area contributed by atoms with Crippen molar-refractivity contribution in [1.82, 2.24) is 4.98 Å². The first-order valence-electron chi connectivity index (χ1n) is 5.08. The van der Waals surface area contributed by atoms with Crippen LogP contribution in [0.25, 0.3) is 10.9 Å². The monoisotopic (exact) mass is 228 g/mol. The van der Waals surface area contributed by atoms with Crippen molar-refractivity contribution in [3.8, 4) is 6.07 Å². The molecule has 2 aromatic rings. The molecule has 80 valence electrons. The molecule has 2 nitrogen and oxygen atoms in total. The Kier molecular flexibility index (Phi) is 3.12. The molecular weight excluding hydrogens is 216 g/mol. The maximum atomic E-state index is 8.64. The first-order valence-corrected chi connectivity index (χ1v) is 6.07. The van der Waals surface area contributed by atoms with Crippen molar-refractivity contribution < 1.29 is 0 Å². The van der Waals surface area contributed by atoms with Crippen LogP contribution in [0.1, 0.15) is 11.3 Å². The fourth-order valence-electron chi connectivity index (χ4n) is 1.66. The van der Waals surface area contributed by atoms with E-state index in [0.717, 1.165) is 21.5 Å². The van der Waals surface area contributed by atoms with E-state index in [1.807, 2.05) is 19.1 Å². The van der Waals surface area contributed by atoms with E-state index in [-0.39, 0.29) is 0 Å². The minimum Gasteiger partial charge on any atom is -0.253 e. The minimum atomic E-state index is 0.479. The molecule has 0 aliphatic rings. The van der Waals surface area contributed by atoms with Crippen molar-refractivity contribution in [3.63, 3.8) is 0 Å². The Bertz CT molecular complexity index is 570. The van der Waals surface area contributed by atoms with Gasteiger partial charge >= 0.3 is 0 Å². The summed E-state index contributed by atoms with van der Waals surface area (Å²) in [7, 11) is 0. The van der Waals surface area contributed by atoms with E-state index in [4.69, 9.17) is 5.26 Å². The molecule has 1 aromatic carbocycles. The predicted octanol–water partition coefficient (Wildman–Crippen LogP) is 3.47. The molecule has 0 unspecified atom stereocenters. The molecule has 1 heterocycles. The average molecular weight is 228 g/mol. The smallest absolute Gasteiger partial charge is 0.0855 e. The topological polar surface area (TPSA) is 36.7 Å². The van der Waals surface area contributed by atoms with E-state index in [9.17, 15) is 0 Å². The molecule has 0 bridgehead atoms. The van der Waals surface area contributed by atoms with Crippen LogP contribution >= 0.6 is 11.8 Å². The van der Waals surface area contributed by atoms with Gasteiger partial charge in [0.15, 0.2) is 0 Å².